The molecule has 0 aliphatic carbocycles. The lowest BCUT2D eigenvalue weighted by Gasteiger charge is -2.27. The zero-order valence-corrected chi connectivity index (χ0v) is 12.9. The van der Waals surface area contributed by atoms with Gasteiger partial charge in [-0.3, -0.25) is 4.79 Å². The van der Waals surface area contributed by atoms with Gasteiger partial charge in [-0.25, -0.2) is 0 Å². The van der Waals surface area contributed by atoms with Crippen LogP contribution in [0.15, 0.2) is 30.3 Å². The number of nitrogens with one attached hydrogen (secondary N) is 1. The molecule has 1 rings (SSSR count). The van der Waals surface area contributed by atoms with Crippen LogP contribution < -0.4 is 5.32 Å². The number of hydrogen-bond donors (Lipinski definition) is 1. The van der Waals surface area contributed by atoms with E-state index in [-0.39, 0.29) is 11.9 Å². The Bertz CT molecular complexity index is 404. The number of nitrogens with zero attached hydrogens (tertiary/aromatic N) is 1. The highest BCUT2D eigenvalue weighted by Gasteiger charge is 2.27. The van der Waals surface area contributed by atoms with E-state index < -0.39 is 5.41 Å². The first-order chi connectivity index (χ1) is 8.88. The molecule has 0 fully saturated rings. The average Bonchev–Trinajstić information content (AvgIpc) is 2.39. The van der Waals surface area contributed by atoms with Gasteiger partial charge in [0.2, 0.25) is 5.91 Å². The molecule has 0 saturated heterocycles. The summed E-state index contributed by atoms with van der Waals surface area (Å²) in [5.74, 6) is 0.307. The largest absolute Gasteiger partial charge is 0.354 e. The standard InChI is InChI=1S/C15H23ClN2O/c1-15(2,11-16)14(19)17-10-13(18(3)4)12-8-6-5-7-9-12/h5-9,13H,10-11H2,1-4H3,(H,17,19). The number of likely N-dealkylation sites (N-methyl/N-ethyl adjacent to an activating group) is 1. The zero-order valence-electron chi connectivity index (χ0n) is 12.1. The Labute approximate surface area is 120 Å². The molecule has 1 aromatic rings. The van der Waals surface area contributed by atoms with E-state index in [9.17, 15) is 4.79 Å². The number of rotatable bonds is 6. The summed E-state index contributed by atoms with van der Waals surface area (Å²) < 4.78 is 0. The predicted octanol–water partition coefficient (Wildman–Crippen LogP) is 2.67. The summed E-state index contributed by atoms with van der Waals surface area (Å²) in [6.07, 6.45) is 0. The van der Waals surface area contributed by atoms with Gasteiger partial charge in [0.25, 0.3) is 0 Å². The number of hydrogen-bond acceptors (Lipinski definition) is 2. The topological polar surface area (TPSA) is 32.3 Å². The van der Waals surface area contributed by atoms with Crippen molar-refractivity contribution in [3.63, 3.8) is 0 Å². The van der Waals surface area contributed by atoms with Gasteiger partial charge in [0.05, 0.1) is 11.5 Å². The minimum Gasteiger partial charge on any atom is -0.354 e. The Morgan fingerprint density at radius 2 is 1.89 bits per heavy atom. The summed E-state index contributed by atoms with van der Waals surface area (Å²) in [6.45, 7) is 4.28. The maximum absolute atomic E-state index is 12.0. The van der Waals surface area contributed by atoms with Crippen molar-refractivity contribution in [3.05, 3.63) is 35.9 Å². The van der Waals surface area contributed by atoms with E-state index in [2.05, 4.69) is 22.3 Å². The third-order valence-electron chi connectivity index (χ3n) is 3.21. The summed E-state index contributed by atoms with van der Waals surface area (Å²) in [5, 5.41) is 2.99. The van der Waals surface area contributed by atoms with E-state index in [4.69, 9.17) is 11.6 Å². The first kappa shape index (κ1) is 16.0. The molecule has 0 heterocycles. The van der Waals surface area contributed by atoms with Gasteiger partial charge in [-0.15, -0.1) is 11.6 Å². The summed E-state index contributed by atoms with van der Waals surface area (Å²) in [5.41, 5.74) is 0.659. The van der Waals surface area contributed by atoms with Crippen molar-refractivity contribution in [2.75, 3.05) is 26.5 Å². The third kappa shape index (κ3) is 4.51. The fourth-order valence-corrected chi connectivity index (χ4v) is 1.88. The predicted molar refractivity (Wildman–Crippen MR) is 80.4 cm³/mol. The molecule has 0 saturated carbocycles. The molecule has 1 unspecified atom stereocenters. The molecule has 0 aromatic heterocycles. The molecule has 19 heavy (non-hydrogen) atoms. The summed E-state index contributed by atoms with van der Waals surface area (Å²) in [4.78, 5) is 14.1. The second-order valence-corrected chi connectivity index (χ2v) is 5.88. The number of halogens is 1. The Morgan fingerprint density at radius 3 is 2.37 bits per heavy atom. The van der Waals surface area contributed by atoms with Gasteiger partial charge < -0.3 is 10.2 Å². The van der Waals surface area contributed by atoms with Crippen molar-refractivity contribution in [2.24, 2.45) is 5.41 Å². The van der Waals surface area contributed by atoms with E-state index >= 15 is 0 Å². The Morgan fingerprint density at radius 1 is 1.32 bits per heavy atom. The van der Waals surface area contributed by atoms with Gasteiger partial charge in [0.1, 0.15) is 0 Å². The normalized spacial score (nSPS) is 13.4. The molecule has 0 spiro atoms. The molecule has 1 atom stereocenters. The molecular weight excluding hydrogens is 260 g/mol. The van der Waals surface area contributed by atoms with Crippen molar-refractivity contribution in [1.82, 2.24) is 10.2 Å². The first-order valence-electron chi connectivity index (χ1n) is 6.44. The van der Waals surface area contributed by atoms with Crippen molar-refractivity contribution in [3.8, 4) is 0 Å². The second-order valence-electron chi connectivity index (χ2n) is 5.62. The highest BCUT2D eigenvalue weighted by molar-refractivity contribution is 6.19. The molecule has 4 heteroatoms. The van der Waals surface area contributed by atoms with Crippen LogP contribution in [0.5, 0.6) is 0 Å². The van der Waals surface area contributed by atoms with Crippen molar-refractivity contribution in [2.45, 2.75) is 19.9 Å². The molecule has 1 amide bonds. The Balaban J connectivity index is 2.69. The fourth-order valence-electron chi connectivity index (χ4n) is 1.76. The Kier molecular flexibility index (Phi) is 5.83. The quantitative estimate of drug-likeness (QED) is 0.814. The molecule has 0 aliphatic heterocycles. The minimum absolute atomic E-state index is 0.00900. The van der Waals surface area contributed by atoms with Crippen LogP contribution in [-0.2, 0) is 4.79 Å². The summed E-state index contributed by atoms with van der Waals surface area (Å²) in [7, 11) is 4.02. The maximum atomic E-state index is 12.0. The van der Waals surface area contributed by atoms with Crippen LogP contribution in [0.1, 0.15) is 25.5 Å². The molecule has 0 radical (unpaired) electrons. The van der Waals surface area contributed by atoms with Gasteiger partial charge >= 0.3 is 0 Å². The van der Waals surface area contributed by atoms with Gasteiger partial charge in [0, 0.05) is 12.4 Å². The zero-order chi connectivity index (χ0) is 14.5. The van der Waals surface area contributed by atoms with E-state index in [0.29, 0.717) is 12.4 Å². The van der Waals surface area contributed by atoms with E-state index in [1.54, 1.807) is 0 Å². The van der Waals surface area contributed by atoms with E-state index in [1.807, 2.05) is 46.1 Å². The maximum Gasteiger partial charge on any atom is 0.226 e. The molecule has 3 nitrogen and oxygen atoms in total. The van der Waals surface area contributed by atoms with Crippen LogP contribution in [0.3, 0.4) is 0 Å². The van der Waals surface area contributed by atoms with E-state index in [1.165, 1.54) is 5.56 Å². The first-order valence-corrected chi connectivity index (χ1v) is 6.97. The lowest BCUT2D eigenvalue weighted by Crippen LogP contribution is -2.42. The smallest absolute Gasteiger partial charge is 0.226 e. The number of carbonyl (C=O) groups excluding carboxylic acids is 1. The third-order valence-corrected chi connectivity index (χ3v) is 3.88. The Hall–Kier alpha value is -1.06. The number of alkyl halides is 1. The van der Waals surface area contributed by atoms with Crippen LogP contribution in [0.4, 0.5) is 0 Å². The summed E-state index contributed by atoms with van der Waals surface area (Å²) >= 11 is 5.81. The van der Waals surface area contributed by atoms with Gasteiger partial charge in [0.15, 0.2) is 0 Å². The van der Waals surface area contributed by atoms with E-state index in [0.717, 1.165) is 0 Å². The van der Waals surface area contributed by atoms with Gasteiger partial charge in [-0.2, -0.15) is 0 Å². The van der Waals surface area contributed by atoms with Crippen molar-refractivity contribution >= 4 is 17.5 Å². The van der Waals surface area contributed by atoms with Gasteiger partial charge in [-0.05, 0) is 33.5 Å². The number of carbonyl (C=O) groups is 1. The lowest BCUT2D eigenvalue weighted by molar-refractivity contribution is -0.128. The summed E-state index contributed by atoms with van der Waals surface area (Å²) in [6, 6.07) is 10.3. The SMILES string of the molecule is CN(C)C(CNC(=O)C(C)(C)CCl)c1ccccc1. The number of amides is 1. The van der Waals surface area contributed by atoms with Crippen LogP contribution in [-0.4, -0.2) is 37.3 Å². The number of benzene rings is 1. The highest BCUT2D eigenvalue weighted by atomic mass is 35.5. The van der Waals surface area contributed by atoms with Crippen LogP contribution in [0.2, 0.25) is 0 Å². The van der Waals surface area contributed by atoms with Crippen molar-refractivity contribution < 1.29 is 4.79 Å². The molecule has 106 valence electrons. The second kappa shape index (κ2) is 6.92. The van der Waals surface area contributed by atoms with Crippen LogP contribution in [0.25, 0.3) is 0 Å². The van der Waals surface area contributed by atoms with Crippen molar-refractivity contribution in [1.29, 1.82) is 0 Å². The molecule has 0 aliphatic rings. The average molecular weight is 283 g/mol. The fraction of sp³-hybridized carbons (Fsp3) is 0.533. The molecule has 0 bridgehead atoms. The molecule has 1 N–H and O–H groups in total. The highest BCUT2D eigenvalue weighted by Crippen LogP contribution is 2.20. The minimum atomic E-state index is -0.533. The monoisotopic (exact) mass is 282 g/mol. The molecular formula is C15H23ClN2O. The lowest BCUT2D eigenvalue weighted by atomic mass is 9.95. The van der Waals surface area contributed by atoms with Crippen LogP contribution in [0, 0.1) is 5.41 Å². The van der Waals surface area contributed by atoms with Gasteiger partial charge in [-0.1, -0.05) is 30.3 Å². The molecule has 1 aromatic carbocycles. The van der Waals surface area contributed by atoms with Crippen LogP contribution >= 0.6 is 11.6 Å².